The first-order chi connectivity index (χ1) is 11.6. The molecular formula is C20H21NO3. The van der Waals surface area contributed by atoms with Crippen LogP contribution in [0.1, 0.15) is 18.1 Å². The van der Waals surface area contributed by atoms with Crippen LogP contribution in [0.25, 0.3) is 0 Å². The molecule has 124 valence electrons. The van der Waals surface area contributed by atoms with Gasteiger partial charge >= 0.3 is 0 Å². The monoisotopic (exact) mass is 323 g/mol. The van der Waals surface area contributed by atoms with Gasteiger partial charge in [-0.25, -0.2) is 0 Å². The Hall–Kier alpha value is -2.59. The van der Waals surface area contributed by atoms with Crippen molar-refractivity contribution < 1.29 is 14.3 Å². The number of hydrogen-bond donors (Lipinski definition) is 0. The van der Waals surface area contributed by atoms with Crippen molar-refractivity contribution in [2.45, 2.75) is 26.5 Å². The van der Waals surface area contributed by atoms with E-state index in [-0.39, 0.29) is 12.0 Å². The highest BCUT2D eigenvalue weighted by Gasteiger charge is 2.24. The van der Waals surface area contributed by atoms with Crippen molar-refractivity contribution in [2.75, 3.05) is 12.0 Å². The molecule has 2 aromatic rings. The van der Waals surface area contributed by atoms with Crippen molar-refractivity contribution in [1.82, 2.24) is 0 Å². The lowest BCUT2D eigenvalue weighted by atomic mass is 10.1. The van der Waals surface area contributed by atoms with Crippen molar-refractivity contribution in [2.24, 2.45) is 0 Å². The standard InChI is InChI=1S/C20H21NO3/c1-14-8-10-19-17(12-14)21(20(22)11-9-15(2)23-3)13-16-6-4-5-7-18(16)24-19/h4-12,15H,13H2,1-3H3/b11-9+/t15-/m1/s1. The summed E-state index contributed by atoms with van der Waals surface area (Å²) in [7, 11) is 1.62. The van der Waals surface area contributed by atoms with E-state index in [1.165, 1.54) is 0 Å². The third kappa shape index (κ3) is 3.34. The van der Waals surface area contributed by atoms with E-state index in [2.05, 4.69) is 0 Å². The van der Waals surface area contributed by atoms with Crippen molar-refractivity contribution in [1.29, 1.82) is 0 Å². The Morgan fingerprint density at radius 3 is 2.83 bits per heavy atom. The molecule has 4 heteroatoms. The first kappa shape index (κ1) is 16.3. The summed E-state index contributed by atoms with van der Waals surface area (Å²) in [5.74, 6) is 1.38. The van der Waals surface area contributed by atoms with Gasteiger partial charge in [0, 0.05) is 18.7 Å². The first-order valence-corrected chi connectivity index (χ1v) is 7.97. The van der Waals surface area contributed by atoms with Gasteiger partial charge in [-0.2, -0.15) is 0 Å². The Bertz CT molecular complexity index is 782. The second kappa shape index (κ2) is 6.89. The highest BCUT2D eigenvalue weighted by atomic mass is 16.5. The van der Waals surface area contributed by atoms with Crippen LogP contribution in [0, 0.1) is 6.92 Å². The highest BCUT2D eigenvalue weighted by Crippen LogP contribution is 2.39. The van der Waals surface area contributed by atoms with Gasteiger partial charge in [0.15, 0.2) is 5.75 Å². The molecule has 0 N–H and O–H groups in total. The topological polar surface area (TPSA) is 38.8 Å². The third-order valence-electron chi connectivity index (χ3n) is 4.07. The molecule has 0 aromatic heterocycles. The fourth-order valence-corrected chi connectivity index (χ4v) is 2.62. The zero-order valence-electron chi connectivity index (χ0n) is 14.2. The van der Waals surface area contributed by atoms with E-state index in [0.29, 0.717) is 12.3 Å². The number of ether oxygens (including phenoxy) is 2. The van der Waals surface area contributed by atoms with Gasteiger partial charge in [0.1, 0.15) is 5.75 Å². The van der Waals surface area contributed by atoms with Crippen LogP contribution in [0.4, 0.5) is 5.69 Å². The Morgan fingerprint density at radius 1 is 1.25 bits per heavy atom. The lowest BCUT2D eigenvalue weighted by Gasteiger charge is -2.21. The van der Waals surface area contributed by atoms with E-state index in [1.807, 2.05) is 56.3 Å². The molecule has 2 aromatic carbocycles. The smallest absolute Gasteiger partial charge is 0.251 e. The van der Waals surface area contributed by atoms with Gasteiger partial charge < -0.3 is 14.4 Å². The summed E-state index contributed by atoms with van der Waals surface area (Å²) >= 11 is 0. The number of nitrogens with zero attached hydrogens (tertiary/aromatic N) is 1. The second-order valence-electron chi connectivity index (χ2n) is 5.91. The van der Waals surface area contributed by atoms with E-state index >= 15 is 0 Å². The van der Waals surface area contributed by atoms with Gasteiger partial charge in [0.05, 0.1) is 18.3 Å². The van der Waals surface area contributed by atoms with Gasteiger partial charge in [-0.15, -0.1) is 0 Å². The van der Waals surface area contributed by atoms with Crippen LogP contribution in [0.3, 0.4) is 0 Å². The van der Waals surface area contributed by atoms with Crippen LogP contribution in [0.15, 0.2) is 54.6 Å². The Labute approximate surface area is 142 Å². The molecule has 4 nitrogen and oxygen atoms in total. The first-order valence-electron chi connectivity index (χ1n) is 7.97. The number of anilines is 1. The number of carbonyl (C=O) groups is 1. The Kier molecular flexibility index (Phi) is 4.67. The average molecular weight is 323 g/mol. The molecule has 1 amide bonds. The number of benzene rings is 2. The fraction of sp³-hybridized carbons (Fsp3) is 0.250. The van der Waals surface area contributed by atoms with E-state index in [0.717, 1.165) is 22.6 Å². The normalized spacial score (nSPS) is 14.5. The van der Waals surface area contributed by atoms with Crippen LogP contribution < -0.4 is 9.64 Å². The number of methoxy groups -OCH3 is 1. The van der Waals surface area contributed by atoms with E-state index in [4.69, 9.17) is 9.47 Å². The molecule has 0 unspecified atom stereocenters. The Morgan fingerprint density at radius 2 is 2.04 bits per heavy atom. The number of hydrogen-bond acceptors (Lipinski definition) is 3. The van der Waals surface area contributed by atoms with E-state index in [1.54, 1.807) is 24.2 Å². The second-order valence-corrected chi connectivity index (χ2v) is 5.91. The lowest BCUT2D eigenvalue weighted by Crippen LogP contribution is -2.28. The van der Waals surface area contributed by atoms with E-state index < -0.39 is 0 Å². The van der Waals surface area contributed by atoms with Crippen molar-refractivity contribution in [3.63, 3.8) is 0 Å². The SMILES string of the molecule is CO[C@H](C)/C=C/C(=O)N1Cc2ccccc2Oc2ccc(C)cc21. The highest BCUT2D eigenvalue weighted by molar-refractivity contribution is 6.02. The number of aryl methyl sites for hydroxylation is 1. The quantitative estimate of drug-likeness (QED) is 0.794. The van der Waals surface area contributed by atoms with Gasteiger partial charge in [-0.1, -0.05) is 30.3 Å². The molecule has 0 saturated heterocycles. The van der Waals surface area contributed by atoms with Gasteiger partial charge in [-0.3, -0.25) is 4.79 Å². The average Bonchev–Trinajstić information content (AvgIpc) is 2.75. The van der Waals surface area contributed by atoms with Crippen LogP contribution in [-0.4, -0.2) is 19.1 Å². The number of fused-ring (bicyclic) bond motifs is 2. The molecule has 0 aliphatic carbocycles. The maximum atomic E-state index is 12.8. The molecule has 1 aliphatic rings. The summed E-state index contributed by atoms with van der Waals surface area (Å²) in [4.78, 5) is 14.5. The summed E-state index contributed by atoms with van der Waals surface area (Å²) in [6, 6.07) is 13.7. The van der Waals surface area contributed by atoms with Crippen molar-refractivity contribution in [3.8, 4) is 11.5 Å². The summed E-state index contributed by atoms with van der Waals surface area (Å²) in [6.07, 6.45) is 3.21. The lowest BCUT2D eigenvalue weighted by molar-refractivity contribution is -0.114. The Balaban J connectivity index is 2.02. The molecule has 0 spiro atoms. The molecule has 0 saturated carbocycles. The van der Waals surface area contributed by atoms with Gasteiger partial charge in [-0.05, 0) is 37.6 Å². The zero-order valence-corrected chi connectivity index (χ0v) is 14.2. The fourth-order valence-electron chi connectivity index (χ4n) is 2.62. The molecule has 24 heavy (non-hydrogen) atoms. The summed E-state index contributed by atoms with van der Waals surface area (Å²) < 4.78 is 11.2. The molecule has 0 radical (unpaired) electrons. The molecule has 1 aliphatic heterocycles. The summed E-state index contributed by atoms with van der Waals surface area (Å²) in [5.41, 5.74) is 2.84. The van der Waals surface area contributed by atoms with Crippen molar-refractivity contribution in [3.05, 3.63) is 65.7 Å². The molecule has 1 atom stereocenters. The minimum Gasteiger partial charge on any atom is -0.455 e. The van der Waals surface area contributed by atoms with E-state index in [9.17, 15) is 4.79 Å². The van der Waals surface area contributed by atoms with Crippen molar-refractivity contribution >= 4 is 11.6 Å². The minimum atomic E-state index is -0.110. The number of para-hydroxylation sites is 1. The largest absolute Gasteiger partial charge is 0.455 e. The maximum absolute atomic E-state index is 12.8. The predicted molar refractivity (Wildman–Crippen MR) is 94.5 cm³/mol. The minimum absolute atomic E-state index is 0.0916. The molecule has 1 heterocycles. The zero-order chi connectivity index (χ0) is 17.1. The third-order valence-corrected chi connectivity index (χ3v) is 4.07. The van der Waals surface area contributed by atoms with Crippen LogP contribution in [0.2, 0.25) is 0 Å². The molecule has 0 fully saturated rings. The number of amides is 1. The summed E-state index contributed by atoms with van der Waals surface area (Å²) in [5, 5.41) is 0. The molecular weight excluding hydrogens is 302 g/mol. The van der Waals surface area contributed by atoms with Crippen LogP contribution in [0.5, 0.6) is 11.5 Å². The van der Waals surface area contributed by atoms with Gasteiger partial charge in [0.25, 0.3) is 5.91 Å². The number of rotatable bonds is 3. The van der Waals surface area contributed by atoms with Crippen LogP contribution >= 0.6 is 0 Å². The van der Waals surface area contributed by atoms with Gasteiger partial charge in [0.2, 0.25) is 0 Å². The molecule has 0 bridgehead atoms. The number of carbonyl (C=O) groups excluding carboxylic acids is 1. The van der Waals surface area contributed by atoms with Crippen LogP contribution in [-0.2, 0) is 16.1 Å². The molecule has 3 rings (SSSR count). The summed E-state index contributed by atoms with van der Waals surface area (Å²) in [6.45, 7) is 4.36. The maximum Gasteiger partial charge on any atom is 0.251 e. The predicted octanol–water partition coefficient (Wildman–Crippen LogP) is 4.23.